The van der Waals surface area contributed by atoms with Gasteiger partial charge in [-0.2, -0.15) is 0 Å². The monoisotopic (exact) mass is 305 g/mol. The summed E-state index contributed by atoms with van der Waals surface area (Å²) < 4.78 is 2.27. The van der Waals surface area contributed by atoms with Crippen molar-refractivity contribution in [3.63, 3.8) is 0 Å². The highest BCUT2D eigenvalue weighted by Crippen LogP contribution is 2.27. The maximum absolute atomic E-state index is 4.89. The molecule has 2 aliphatic rings. The van der Waals surface area contributed by atoms with E-state index in [1.165, 1.54) is 24.4 Å². The summed E-state index contributed by atoms with van der Waals surface area (Å²) >= 11 is 1.73. The SMILES string of the molecule is CCN1CCN(c2nc3sccn3c2CNC2CC2)CC1. The summed E-state index contributed by atoms with van der Waals surface area (Å²) in [6.07, 6.45) is 4.81. The number of hydrogen-bond acceptors (Lipinski definition) is 5. The van der Waals surface area contributed by atoms with E-state index in [4.69, 9.17) is 4.98 Å². The first kappa shape index (κ1) is 13.5. The Balaban J connectivity index is 1.57. The molecule has 5 nitrogen and oxygen atoms in total. The lowest BCUT2D eigenvalue weighted by Gasteiger charge is -2.34. The van der Waals surface area contributed by atoms with Crippen molar-refractivity contribution in [2.45, 2.75) is 32.4 Å². The molecule has 1 N–H and O–H groups in total. The van der Waals surface area contributed by atoms with Crippen molar-refractivity contribution in [3.05, 3.63) is 17.3 Å². The van der Waals surface area contributed by atoms with Gasteiger partial charge in [-0.25, -0.2) is 4.98 Å². The molecule has 2 fully saturated rings. The first-order valence-corrected chi connectivity index (χ1v) is 8.88. The zero-order valence-corrected chi connectivity index (χ0v) is 13.4. The molecule has 1 saturated carbocycles. The van der Waals surface area contributed by atoms with E-state index < -0.39 is 0 Å². The molecule has 0 aromatic carbocycles. The van der Waals surface area contributed by atoms with Crippen molar-refractivity contribution in [1.29, 1.82) is 0 Å². The van der Waals surface area contributed by atoms with E-state index in [1.54, 1.807) is 11.3 Å². The Morgan fingerprint density at radius 2 is 2.10 bits per heavy atom. The summed E-state index contributed by atoms with van der Waals surface area (Å²) in [5, 5.41) is 5.77. The van der Waals surface area contributed by atoms with Gasteiger partial charge in [-0.05, 0) is 19.4 Å². The van der Waals surface area contributed by atoms with E-state index in [0.29, 0.717) is 0 Å². The first-order valence-electron chi connectivity index (χ1n) is 8.00. The molecule has 1 saturated heterocycles. The molecule has 3 heterocycles. The number of thiazole rings is 1. The first-order chi connectivity index (χ1) is 10.3. The van der Waals surface area contributed by atoms with Gasteiger partial charge in [0.2, 0.25) is 0 Å². The highest BCUT2D eigenvalue weighted by Gasteiger charge is 2.25. The summed E-state index contributed by atoms with van der Waals surface area (Å²) in [7, 11) is 0. The minimum absolute atomic E-state index is 0.735. The Labute approximate surface area is 129 Å². The molecule has 2 aromatic heterocycles. The van der Waals surface area contributed by atoms with Gasteiger partial charge in [0.15, 0.2) is 10.8 Å². The van der Waals surface area contributed by atoms with E-state index in [0.717, 1.165) is 50.3 Å². The van der Waals surface area contributed by atoms with Crippen molar-refractivity contribution in [2.75, 3.05) is 37.6 Å². The van der Waals surface area contributed by atoms with E-state index in [-0.39, 0.29) is 0 Å². The fraction of sp³-hybridized carbons (Fsp3) is 0.667. The van der Waals surface area contributed by atoms with Gasteiger partial charge in [0.1, 0.15) is 0 Å². The maximum Gasteiger partial charge on any atom is 0.195 e. The standard InChI is InChI=1S/C15H23N5S/c1-2-18-5-7-19(8-6-18)14-13(11-16-12-3-4-12)20-9-10-21-15(20)17-14/h9-10,12,16H,2-8,11H2,1H3. The van der Waals surface area contributed by atoms with Crippen LogP contribution in [0.2, 0.25) is 0 Å². The third kappa shape index (κ3) is 2.67. The Hall–Kier alpha value is -1.11. The van der Waals surface area contributed by atoms with Crippen LogP contribution in [0.1, 0.15) is 25.5 Å². The van der Waals surface area contributed by atoms with Gasteiger partial charge in [-0.3, -0.25) is 4.40 Å². The number of nitrogens with one attached hydrogen (secondary N) is 1. The summed E-state index contributed by atoms with van der Waals surface area (Å²) in [4.78, 5) is 11.0. The average Bonchev–Trinajstić information content (AvgIpc) is 3.12. The third-order valence-corrected chi connectivity index (χ3v) is 5.35. The molecule has 0 unspecified atom stereocenters. The van der Waals surface area contributed by atoms with Crippen LogP contribution >= 0.6 is 11.3 Å². The number of fused-ring (bicyclic) bond motifs is 1. The number of likely N-dealkylation sites (N-methyl/N-ethyl adjacent to an activating group) is 1. The molecular weight excluding hydrogens is 282 g/mol. The maximum atomic E-state index is 4.89. The molecule has 0 atom stereocenters. The minimum Gasteiger partial charge on any atom is -0.352 e. The van der Waals surface area contributed by atoms with Gasteiger partial charge >= 0.3 is 0 Å². The molecule has 0 spiro atoms. The highest BCUT2D eigenvalue weighted by atomic mass is 32.1. The number of aromatic nitrogens is 2. The minimum atomic E-state index is 0.735. The summed E-state index contributed by atoms with van der Waals surface area (Å²) in [5.41, 5.74) is 1.34. The second-order valence-corrected chi connectivity index (χ2v) is 6.89. The molecule has 1 aliphatic carbocycles. The normalized spacial score (nSPS) is 20.5. The van der Waals surface area contributed by atoms with Gasteiger partial charge in [-0.1, -0.05) is 6.92 Å². The van der Waals surface area contributed by atoms with Gasteiger partial charge in [0, 0.05) is 50.3 Å². The molecule has 0 radical (unpaired) electrons. The van der Waals surface area contributed by atoms with Crippen LogP contribution in [-0.4, -0.2) is 53.1 Å². The van der Waals surface area contributed by atoms with Crippen LogP contribution < -0.4 is 10.2 Å². The van der Waals surface area contributed by atoms with Crippen LogP contribution in [0, 0.1) is 0 Å². The van der Waals surface area contributed by atoms with Crippen LogP contribution in [0.25, 0.3) is 4.96 Å². The molecule has 1 aliphatic heterocycles. The van der Waals surface area contributed by atoms with E-state index in [2.05, 4.69) is 38.0 Å². The summed E-state index contributed by atoms with van der Waals surface area (Å²) in [6, 6.07) is 0.735. The van der Waals surface area contributed by atoms with Crippen LogP contribution in [-0.2, 0) is 6.54 Å². The lowest BCUT2D eigenvalue weighted by Crippen LogP contribution is -2.46. The van der Waals surface area contributed by atoms with Crippen molar-refractivity contribution >= 4 is 22.1 Å². The zero-order chi connectivity index (χ0) is 14.2. The zero-order valence-electron chi connectivity index (χ0n) is 12.6. The smallest absolute Gasteiger partial charge is 0.195 e. The highest BCUT2D eigenvalue weighted by molar-refractivity contribution is 7.15. The largest absolute Gasteiger partial charge is 0.352 e. The number of nitrogens with zero attached hydrogens (tertiary/aromatic N) is 4. The van der Waals surface area contributed by atoms with Crippen molar-refractivity contribution in [2.24, 2.45) is 0 Å². The van der Waals surface area contributed by atoms with Crippen molar-refractivity contribution < 1.29 is 0 Å². The Morgan fingerprint density at radius 3 is 2.81 bits per heavy atom. The third-order valence-electron chi connectivity index (χ3n) is 4.59. The number of hydrogen-bond donors (Lipinski definition) is 1. The summed E-state index contributed by atoms with van der Waals surface area (Å²) in [6.45, 7) is 8.82. The van der Waals surface area contributed by atoms with Crippen molar-refractivity contribution in [1.82, 2.24) is 19.6 Å². The number of imidazole rings is 1. The van der Waals surface area contributed by atoms with Crippen LogP contribution in [0.3, 0.4) is 0 Å². The van der Waals surface area contributed by atoms with E-state index >= 15 is 0 Å². The number of piperazine rings is 1. The van der Waals surface area contributed by atoms with Crippen LogP contribution in [0.15, 0.2) is 11.6 Å². The molecular formula is C15H23N5S. The molecule has 4 rings (SSSR count). The summed E-state index contributed by atoms with van der Waals surface area (Å²) in [5.74, 6) is 1.20. The molecule has 6 heteroatoms. The van der Waals surface area contributed by atoms with Gasteiger partial charge < -0.3 is 15.1 Å². The lowest BCUT2D eigenvalue weighted by molar-refractivity contribution is 0.270. The van der Waals surface area contributed by atoms with Gasteiger partial charge in [0.05, 0.1) is 5.69 Å². The molecule has 21 heavy (non-hydrogen) atoms. The van der Waals surface area contributed by atoms with E-state index in [1.807, 2.05) is 0 Å². The quantitative estimate of drug-likeness (QED) is 0.913. The van der Waals surface area contributed by atoms with E-state index in [9.17, 15) is 0 Å². The Morgan fingerprint density at radius 1 is 1.29 bits per heavy atom. The Bertz CT molecular complexity index is 607. The molecule has 0 amide bonds. The predicted octanol–water partition coefficient (Wildman–Crippen LogP) is 1.79. The lowest BCUT2D eigenvalue weighted by atomic mass is 10.3. The van der Waals surface area contributed by atoms with Gasteiger partial charge in [0.25, 0.3) is 0 Å². The van der Waals surface area contributed by atoms with Crippen LogP contribution in [0.4, 0.5) is 5.82 Å². The second kappa shape index (κ2) is 5.59. The van der Waals surface area contributed by atoms with Crippen molar-refractivity contribution in [3.8, 4) is 0 Å². The predicted molar refractivity (Wildman–Crippen MR) is 87.3 cm³/mol. The molecule has 0 bridgehead atoms. The topological polar surface area (TPSA) is 35.8 Å². The fourth-order valence-electron chi connectivity index (χ4n) is 3.04. The van der Waals surface area contributed by atoms with Gasteiger partial charge in [-0.15, -0.1) is 11.3 Å². The number of rotatable bonds is 5. The molecule has 114 valence electrons. The molecule has 2 aromatic rings. The number of anilines is 1. The Kier molecular flexibility index (Phi) is 3.61. The van der Waals surface area contributed by atoms with Crippen LogP contribution in [0.5, 0.6) is 0 Å². The fourth-order valence-corrected chi connectivity index (χ4v) is 3.77. The average molecular weight is 305 g/mol. The second-order valence-electron chi connectivity index (χ2n) is 6.01.